The minimum Gasteiger partial charge on any atom is -0.427 e. The highest BCUT2D eigenvalue weighted by atomic mass is 35.5. The maximum Gasteiger partial charge on any atom is 0.308 e. The first-order valence-corrected chi connectivity index (χ1v) is 12.1. The second-order valence-corrected chi connectivity index (χ2v) is 9.14. The van der Waals surface area contributed by atoms with Gasteiger partial charge in [0.15, 0.2) is 0 Å². The van der Waals surface area contributed by atoms with Gasteiger partial charge >= 0.3 is 5.97 Å². The van der Waals surface area contributed by atoms with Crippen molar-refractivity contribution >= 4 is 51.5 Å². The fourth-order valence-electron chi connectivity index (χ4n) is 3.45. The molecule has 0 aliphatic heterocycles. The number of amides is 2. The van der Waals surface area contributed by atoms with Crippen LogP contribution in [-0.2, 0) is 17.8 Å². The van der Waals surface area contributed by atoms with Crippen molar-refractivity contribution in [2.24, 2.45) is 0 Å². The number of benzene rings is 3. The summed E-state index contributed by atoms with van der Waals surface area (Å²) in [7, 11) is 0. The van der Waals surface area contributed by atoms with E-state index in [1.54, 1.807) is 41.8 Å². The van der Waals surface area contributed by atoms with Crippen LogP contribution in [0.2, 0.25) is 5.02 Å². The van der Waals surface area contributed by atoms with Gasteiger partial charge in [-0.1, -0.05) is 35.9 Å². The van der Waals surface area contributed by atoms with E-state index in [9.17, 15) is 14.4 Å². The Morgan fingerprint density at radius 2 is 1.77 bits per heavy atom. The number of nitrogens with one attached hydrogen (secondary N) is 2. The summed E-state index contributed by atoms with van der Waals surface area (Å²) in [5.74, 6) is -0.446. The number of carbonyl (C=O) groups excluding carboxylic acids is 3. The molecule has 178 valence electrons. The van der Waals surface area contributed by atoms with E-state index in [0.29, 0.717) is 40.0 Å². The standard InChI is InChI=1S/C26H22ClN3O4S/c1-16(31)34-22-8-7-18-12-20(6-5-19(18)13-22)25(32)29-14-24-30-23(15-35-24)26(33)28-10-9-17-3-2-4-21(27)11-17/h2-8,11-13,15H,9-10,14H2,1H3,(H,28,33)(H,29,32). The van der Waals surface area contributed by atoms with E-state index in [4.69, 9.17) is 16.3 Å². The molecule has 0 radical (unpaired) electrons. The van der Waals surface area contributed by atoms with Gasteiger partial charge in [-0.15, -0.1) is 11.3 Å². The highest BCUT2D eigenvalue weighted by Gasteiger charge is 2.12. The topological polar surface area (TPSA) is 97.4 Å². The van der Waals surface area contributed by atoms with Gasteiger partial charge < -0.3 is 15.4 Å². The van der Waals surface area contributed by atoms with Crippen LogP contribution in [0.4, 0.5) is 0 Å². The molecule has 0 atom stereocenters. The Hall–Kier alpha value is -3.75. The molecule has 0 saturated heterocycles. The van der Waals surface area contributed by atoms with Gasteiger partial charge in [0.2, 0.25) is 0 Å². The van der Waals surface area contributed by atoms with Crippen molar-refractivity contribution in [2.45, 2.75) is 19.9 Å². The molecule has 0 fully saturated rings. The molecule has 0 aliphatic rings. The molecule has 2 amide bonds. The van der Waals surface area contributed by atoms with E-state index in [0.717, 1.165) is 16.3 Å². The second-order valence-electron chi connectivity index (χ2n) is 7.76. The van der Waals surface area contributed by atoms with Gasteiger partial charge in [-0.2, -0.15) is 0 Å². The van der Waals surface area contributed by atoms with Crippen LogP contribution in [0, 0.1) is 0 Å². The molecule has 2 N–H and O–H groups in total. The quantitative estimate of drug-likeness (QED) is 0.264. The molecule has 0 saturated carbocycles. The first-order valence-electron chi connectivity index (χ1n) is 10.8. The average molecular weight is 508 g/mol. The van der Waals surface area contributed by atoms with E-state index in [2.05, 4.69) is 15.6 Å². The Morgan fingerprint density at radius 3 is 2.57 bits per heavy atom. The van der Waals surface area contributed by atoms with Crippen molar-refractivity contribution in [1.29, 1.82) is 0 Å². The Labute approximate surface area is 211 Å². The normalized spacial score (nSPS) is 10.7. The molecule has 3 aromatic carbocycles. The van der Waals surface area contributed by atoms with Gasteiger partial charge in [0.25, 0.3) is 11.8 Å². The summed E-state index contributed by atoms with van der Waals surface area (Å²) in [5.41, 5.74) is 1.85. The summed E-state index contributed by atoms with van der Waals surface area (Å²) in [6, 6.07) is 18.0. The minimum absolute atomic E-state index is 0.211. The van der Waals surface area contributed by atoms with Gasteiger partial charge in [-0.3, -0.25) is 14.4 Å². The Kier molecular flexibility index (Phi) is 7.74. The maximum atomic E-state index is 12.6. The molecule has 0 spiro atoms. The molecule has 9 heteroatoms. The lowest BCUT2D eigenvalue weighted by molar-refractivity contribution is -0.131. The van der Waals surface area contributed by atoms with Crippen LogP contribution in [0.1, 0.15) is 38.3 Å². The number of hydrogen-bond acceptors (Lipinski definition) is 6. The Bertz CT molecular complexity index is 1400. The van der Waals surface area contributed by atoms with Gasteiger partial charge in [0, 0.05) is 29.4 Å². The summed E-state index contributed by atoms with van der Waals surface area (Å²) in [6.07, 6.45) is 0.663. The largest absolute Gasteiger partial charge is 0.427 e. The number of ether oxygens (including phenoxy) is 1. The van der Waals surface area contributed by atoms with E-state index in [-0.39, 0.29) is 24.3 Å². The highest BCUT2D eigenvalue weighted by Crippen LogP contribution is 2.22. The summed E-state index contributed by atoms with van der Waals surface area (Å²) in [4.78, 5) is 40.4. The lowest BCUT2D eigenvalue weighted by atomic mass is 10.1. The number of esters is 1. The molecule has 4 aromatic rings. The zero-order chi connectivity index (χ0) is 24.8. The number of nitrogens with zero attached hydrogens (tertiary/aromatic N) is 1. The fourth-order valence-corrected chi connectivity index (χ4v) is 4.38. The molecular formula is C26H22ClN3O4S. The van der Waals surface area contributed by atoms with E-state index >= 15 is 0 Å². The molecule has 35 heavy (non-hydrogen) atoms. The van der Waals surface area contributed by atoms with Crippen LogP contribution in [-0.4, -0.2) is 29.3 Å². The number of fused-ring (bicyclic) bond motifs is 1. The van der Waals surface area contributed by atoms with Crippen molar-refractivity contribution in [3.05, 3.63) is 92.9 Å². The first kappa shape index (κ1) is 24.4. The molecular weight excluding hydrogens is 486 g/mol. The number of halogens is 1. The van der Waals surface area contributed by atoms with Crippen LogP contribution in [0.15, 0.2) is 66.0 Å². The molecule has 1 heterocycles. The van der Waals surface area contributed by atoms with Crippen LogP contribution >= 0.6 is 22.9 Å². The number of rotatable bonds is 8. The summed E-state index contributed by atoms with van der Waals surface area (Å²) < 4.78 is 5.10. The Morgan fingerprint density at radius 1 is 0.971 bits per heavy atom. The molecule has 7 nitrogen and oxygen atoms in total. The monoisotopic (exact) mass is 507 g/mol. The van der Waals surface area contributed by atoms with Crippen molar-refractivity contribution in [2.75, 3.05) is 6.54 Å². The lowest BCUT2D eigenvalue weighted by Crippen LogP contribution is -2.26. The molecule has 0 bridgehead atoms. The maximum absolute atomic E-state index is 12.6. The number of thiazole rings is 1. The van der Waals surface area contributed by atoms with Crippen molar-refractivity contribution in [3.63, 3.8) is 0 Å². The van der Waals surface area contributed by atoms with Gasteiger partial charge in [-0.05, 0) is 59.2 Å². The SMILES string of the molecule is CC(=O)Oc1ccc2cc(C(=O)NCc3nc(C(=O)NCCc4cccc(Cl)c4)cs3)ccc2c1. The average Bonchev–Trinajstić information content (AvgIpc) is 3.31. The molecule has 1 aromatic heterocycles. The summed E-state index contributed by atoms with van der Waals surface area (Å²) >= 11 is 7.29. The predicted octanol–water partition coefficient (Wildman–Crippen LogP) is 4.78. The van der Waals surface area contributed by atoms with Crippen LogP contribution in [0.25, 0.3) is 10.8 Å². The van der Waals surface area contributed by atoms with Crippen LogP contribution in [0.3, 0.4) is 0 Å². The van der Waals surface area contributed by atoms with Crippen LogP contribution in [0.5, 0.6) is 5.75 Å². The second kappa shape index (κ2) is 11.1. The minimum atomic E-state index is -0.388. The third kappa shape index (κ3) is 6.65. The van der Waals surface area contributed by atoms with Crippen molar-refractivity contribution in [1.82, 2.24) is 15.6 Å². The zero-order valence-corrected chi connectivity index (χ0v) is 20.4. The van der Waals surface area contributed by atoms with Gasteiger partial charge in [0.1, 0.15) is 16.5 Å². The van der Waals surface area contributed by atoms with Gasteiger partial charge in [0.05, 0.1) is 6.54 Å². The third-order valence-electron chi connectivity index (χ3n) is 5.11. The smallest absolute Gasteiger partial charge is 0.308 e. The van der Waals surface area contributed by atoms with Crippen molar-refractivity contribution in [3.8, 4) is 5.75 Å². The summed E-state index contributed by atoms with van der Waals surface area (Å²) in [5, 5.41) is 10.4. The number of hydrogen-bond donors (Lipinski definition) is 2. The number of aromatic nitrogens is 1. The van der Waals surface area contributed by atoms with Gasteiger partial charge in [-0.25, -0.2) is 4.98 Å². The first-order chi connectivity index (χ1) is 16.9. The van der Waals surface area contributed by atoms with E-state index in [1.807, 2.05) is 24.3 Å². The number of carbonyl (C=O) groups is 3. The highest BCUT2D eigenvalue weighted by molar-refractivity contribution is 7.09. The summed E-state index contributed by atoms with van der Waals surface area (Å²) in [6.45, 7) is 2.02. The molecule has 4 rings (SSSR count). The van der Waals surface area contributed by atoms with Crippen LogP contribution < -0.4 is 15.4 Å². The van der Waals surface area contributed by atoms with E-state index < -0.39 is 0 Å². The van der Waals surface area contributed by atoms with E-state index in [1.165, 1.54) is 18.3 Å². The fraction of sp³-hybridized carbons (Fsp3) is 0.154. The zero-order valence-electron chi connectivity index (χ0n) is 18.8. The Balaban J connectivity index is 1.29. The molecule has 0 aliphatic carbocycles. The molecule has 0 unspecified atom stereocenters. The lowest BCUT2D eigenvalue weighted by Gasteiger charge is -2.07. The third-order valence-corrected chi connectivity index (χ3v) is 6.19. The van der Waals surface area contributed by atoms with Crippen molar-refractivity contribution < 1.29 is 19.1 Å². The predicted molar refractivity (Wildman–Crippen MR) is 136 cm³/mol.